The van der Waals surface area contributed by atoms with Gasteiger partial charge in [-0.15, -0.1) is 0 Å². The molecule has 0 saturated carbocycles. The summed E-state index contributed by atoms with van der Waals surface area (Å²) in [5, 5.41) is 5.70. The number of rotatable bonds is 5. The predicted molar refractivity (Wildman–Crippen MR) is 97.5 cm³/mol. The SMILES string of the molecule is COC(CNC(=O)c1ccc2ccccc2c1)c1ccccc1Cl. The summed E-state index contributed by atoms with van der Waals surface area (Å²) >= 11 is 6.20. The van der Waals surface area contributed by atoms with E-state index in [1.807, 2.05) is 66.7 Å². The Morgan fingerprint density at radius 2 is 1.75 bits per heavy atom. The van der Waals surface area contributed by atoms with Gasteiger partial charge in [0, 0.05) is 29.8 Å². The molecule has 0 saturated heterocycles. The third kappa shape index (κ3) is 3.58. The molecule has 122 valence electrons. The van der Waals surface area contributed by atoms with Crippen molar-refractivity contribution in [3.63, 3.8) is 0 Å². The molecule has 3 aromatic rings. The first-order valence-corrected chi connectivity index (χ1v) is 8.11. The lowest BCUT2D eigenvalue weighted by molar-refractivity contribution is 0.0828. The van der Waals surface area contributed by atoms with E-state index in [2.05, 4.69) is 5.32 Å². The number of carbonyl (C=O) groups excluding carboxylic acids is 1. The molecule has 3 nitrogen and oxygen atoms in total. The van der Waals surface area contributed by atoms with Crippen LogP contribution in [0.25, 0.3) is 10.8 Å². The summed E-state index contributed by atoms with van der Waals surface area (Å²) in [6.07, 6.45) is -0.289. The highest BCUT2D eigenvalue weighted by atomic mass is 35.5. The summed E-state index contributed by atoms with van der Waals surface area (Å²) in [6, 6.07) is 21.1. The summed E-state index contributed by atoms with van der Waals surface area (Å²) in [4.78, 5) is 12.4. The number of benzene rings is 3. The molecule has 1 unspecified atom stereocenters. The molecular weight excluding hydrogens is 322 g/mol. The predicted octanol–water partition coefficient (Wildman–Crippen LogP) is 4.61. The van der Waals surface area contributed by atoms with Gasteiger partial charge in [-0.3, -0.25) is 4.79 Å². The van der Waals surface area contributed by atoms with Crippen molar-refractivity contribution in [3.05, 3.63) is 82.9 Å². The Hall–Kier alpha value is -2.36. The van der Waals surface area contributed by atoms with Crippen LogP contribution in [-0.2, 0) is 4.74 Å². The molecule has 0 spiro atoms. The Morgan fingerprint density at radius 1 is 1.04 bits per heavy atom. The highest BCUT2D eigenvalue weighted by Gasteiger charge is 2.15. The lowest BCUT2D eigenvalue weighted by Gasteiger charge is -2.18. The molecule has 3 aromatic carbocycles. The quantitative estimate of drug-likeness (QED) is 0.737. The molecule has 1 N–H and O–H groups in total. The van der Waals surface area contributed by atoms with Crippen LogP contribution in [0.3, 0.4) is 0 Å². The van der Waals surface area contributed by atoms with Crippen LogP contribution in [0.1, 0.15) is 22.0 Å². The van der Waals surface area contributed by atoms with Crippen LogP contribution < -0.4 is 5.32 Å². The molecule has 0 aliphatic carbocycles. The number of hydrogen-bond acceptors (Lipinski definition) is 2. The molecule has 0 fully saturated rings. The summed E-state index contributed by atoms with van der Waals surface area (Å²) in [5.74, 6) is -0.130. The molecule has 3 rings (SSSR count). The average Bonchev–Trinajstić information content (AvgIpc) is 2.63. The second-order valence-corrected chi connectivity index (χ2v) is 5.93. The van der Waals surface area contributed by atoms with Gasteiger partial charge in [0.1, 0.15) is 6.10 Å². The van der Waals surface area contributed by atoms with Gasteiger partial charge < -0.3 is 10.1 Å². The van der Waals surface area contributed by atoms with Crippen molar-refractivity contribution in [2.75, 3.05) is 13.7 Å². The van der Waals surface area contributed by atoms with Crippen LogP contribution >= 0.6 is 11.6 Å². The maximum Gasteiger partial charge on any atom is 0.251 e. The van der Waals surface area contributed by atoms with E-state index in [-0.39, 0.29) is 12.0 Å². The normalized spacial score (nSPS) is 12.1. The zero-order chi connectivity index (χ0) is 16.9. The number of fused-ring (bicyclic) bond motifs is 1. The van der Waals surface area contributed by atoms with Crippen molar-refractivity contribution in [2.24, 2.45) is 0 Å². The van der Waals surface area contributed by atoms with Gasteiger partial charge in [-0.2, -0.15) is 0 Å². The minimum absolute atomic E-state index is 0.130. The van der Waals surface area contributed by atoms with E-state index in [0.29, 0.717) is 17.1 Å². The molecular formula is C20H18ClNO2. The van der Waals surface area contributed by atoms with Gasteiger partial charge in [0.05, 0.1) is 0 Å². The minimum atomic E-state index is -0.289. The van der Waals surface area contributed by atoms with Gasteiger partial charge in [0.25, 0.3) is 5.91 Å². The average molecular weight is 340 g/mol. The lowest BCUT2D eigenvalue weighted by Crippen LogP contribution is -2.29. The third-order valence-corrected chi connectivity index (χ3v) is 4.34. The van der Waals surface area contributed by atoms with Gasteiger partial charge in [0.2, 0.25) is 0 Å². The highest BCUT2D eigenvalue weighted by molar-refractivity contribution is 6.31. The number of methoxy groups -OCH3 is 1. The van der Waals surface area contributed by atoms with Gasteiger partial charge >= 0.3 is 0 Å². The lowest BCUT2D eigenvalue weighted by atomic mass is 10.1. The smallest absolute Gasteiger partial charge is 0.251 e. The van der Waals surface area contributed by atoms with Crippen LogP contribution in [0.15, 0.2) is 66.7 Å². The fraction of sp³-hybridized carbons (Fsp3) is 0.150. The van der Waals surface area contributed by atoms with Crippen LogP contribution in [0.5, 0.6) is 0 Å². The molecule has 0 aliphatic rings. The largest absolute Gasteiger partial charge is 0.375 e. The molecule has 0 bridgehead atoms. The monoisotopic (exact) mass is 339 g/mol. The van der Waals surface area contributed by atoms with Crippen molar-refractivity contribution in [2.45, 2.75) is 6.10 Å². The molecule has 0 aliphatic heterocycles. The van der Waals surface area contributed by atoms with Crippen LogP contribution in [-0.4, -0.2) is 19.6 Å². The first-order chi connectivity index (χ1) is 11.7. The number of carbonyl (C=O) groups is 1. The van der Waals surface area contributed by atoms with Gasteiger partial charge in [-0.25, -0.2) is 0 Å². The van der Waals surface area contributed by atoms with Crippen LogP contribution in [0.2, 0.25) is 5.02 Å². The second kappa shape index (κ2) is 7.47. The molecule has 1 atom stereocenters. The Morgan fingerprint density at radius 3 is 2.50 bits per heavy atom. The van der Waals surface area contributed by atoms with Crippen molar-refractivity contribution in [1.29, 1.82) is 0 Å². The molecule has 1 amide bonds. The summed E-state index contributed by atoms with van der Waals surface area (Å²) in [7, 11) is 1.61. The third-order valence-electron chi connectivity index (χ3n) is 4.00. The number of amides is 1. The Kier molecular flexibility index (Phi) is 5.14. The van der Waals surface area contributed by atoms with Gasteiger partial charge in [0.15, 0.2) is 0 Å². The molecule has 24 heavy (non-hydrogen) atoms. The van der Waals surface area contributed by atoms with Crippen molar-refractivity contribution in [3.8, 4) is 0 Å². The zero-order valence-corrected chi connectivity index (χ0v) is 14.1. The fourth-order valence-corrected chi connectivity index (χ4v) is 2.93. The van der Waals surface area contributed by atoms with E-state index in [0.717, 1.165) is 16.3 Å². The number of nitrogens with one attached hydrogen (secondary N) is 1. The molecule has 4 heteroatoms. The molecule has 0 aromatic heterocycles. The standard InChI is InChI=1S/C20H18ClNO2/c1-24-19(17-8-4-5-9-18(17)21)13-22-20(23)16-11-10-14-6-2-3-7-15(14)12-16/h2-12,19H,13H2,1H3,(H,22,23). The first-order valence-electron chi connectivity index (χ1n) is 7.73. The van der Waals surface area contributed by atoms with E-state index < -0.39 is 0 Å². The topological polar surface area (TPSA) is 38.3 Å². The molecule has 0 heterocycles. The van der Waals surface area contributed by atoms with Crippen LogP contribution in [0.4, 0.5) is 0 Å². The Labute approximate surface area is 146 Å². The van der Waals surface area contributed by atoms with Crippen molar-refractivity contribution >= 4 is 28.3 Å². The maximum absolute atomic E-state index is 12.4. The summed E-state index contributed by atoms with van der Waals surface area (Å²) in [6.45, 7) is 0.353. The maximum atomic E-state index is 12.4. The van der Waals surface area contributed by atoms with E-state index in [1.54, 1.807) is 7.11 Å². The number of halogens is 1. The molecule has 0 radical (unpaired) electrons. The zero-order valence-electron chi connectivity index (χ0n) is 13.3. The van der Waals surface area contributed by atoms with Crippen LogP contribution in [0, 0.1) is 0 Å². The van der Waals surface area contributed by atoms with E-state index in [1.165, 1.54) is 0 Å². The fourth-order valence-electron chi connectivity index (χ4n) is 2.67. The number of hydrogen-bond donors (Lipinski definition) is 1. The van der Waals surface area contributed by atoms with E-state index >= 15 is 0 Å². The van der Waals surface area contributed by atoms with Crippen molar-refractivity contribution < 1.29 is 9.53 Å². The Bertz CT molecular complexity index is 863. The summed E-state index contributed by atoms with van der Waals surface area (Å²) < 4.78 is 5.47. The second-order valence-electron chi connectivity index (χ2n) is 5.52. The van der Waals surface area contributed by atoms with Crippen molar-refractivity contribution in [1.82, 2.24) is 5.32 Å². The number of ether oxygens (including phenoxy) is 1. The first kappa shape index (κ1) is 16.5. The Balaban J connectivity index is 1.72. The minimum Gasteiger partial charge on any atom is -0.375 e. The van der Waals surface area contributed by atoms with Gasteiger partial charge in [-0.05, 0) is 29.0 Å². The van der Waals surface area contributed by atoms with E-state index in [4.69, 9.17) is 16.3 Å². The van der Waals surface area contributed by atoms with E-state index in [9.17, 15) is 4.79 Å². The summed E-state index contributed by atoms with van der Waals surface area (Å²) in [5.41, 5.74) is 1.49. The highest BCUT2D eigenvalue weighted by Crippen LogP contribution is 2.24. The van der Waals surface area contributed by atoms with Gasteiger partial charge in [-0.1, -0.05) is 60.1 Å².